The number of nitrogens with two attached hydrogens (primary N) is 1. The minimum absolute atomic E-state index is 0.122. The molecule has 1 fully saturated rings. The first-order chi connectivity index (χ1) is 13.8. The molecule has 0 saturated heterocycles. The number of halogens is 1. The third kappa shape index (κ3) is 5.22. The molecule has 0 spiro atoms. The fourth-order valence-corrected chi connectivity index (χ4v) is 3.90. The molecular weight excluding hydrogens is 371 g/mol. The van der Waals surface area contributed by atoms with Crippen LogP contribution in [0.25, 0.3) is 11.3 Å². The van der Waals surface area contributed by atoms with Crippen molar-refractivity contribution in [2.75, 3.05) is 0 Å². The van der Waals surface area contributed by atoms with E-state index in [1.807, 2.05) is 13.8 Å². The highest BCUT2D eigenvalue weighted by atomic mass is 19.1. The van der Waals surface area contributed by atoms with Crippen molar-refractivity contribution in [1.29, 1.82) is 0 Å². The zero-order chi connectivity index (χ0) is 21.0. The van der Waals surface area contributed by atoms with Gasteiger partial charge in [0.05, 0.1) is 5.69 Å². The summed E-state index contributed by atoms with van der Waals surface area (Å²) in [5, 5.41) is 7.39. The summed E-state index contributed by atoms with van der Waals surface area (Å²) in [5.74, 6) is -0.921. The Hall–Kier alpha value is -2.70. The summed E-state index contributed by atoms with van der Waals surface area (Å²) >= 11 is 0. The van der Waals surface area contributed by atoms with Gasteiger partial charge in [-0.2, -0.15) is 5.10 Å². The SMILES string of the molecule is CC(C)C(NC(=O)c1cc(-c2ccc(F)cc2)nn1CC1CCCCC1)C(N)=O. The van der Waals surface area contributed by atoms with Crippen molar-refractivity contribution in [1.82, 2.24) is 15.1 Å². The Balaban J connectivity index is 1.90. The molecule has 0 aliphatic heterocycles. The number of benzene rings is 1. The van der Waals surface area contributed by atoms with Gasteiger partial charge in [-0.3, -0.25) is 14.3 Å². The van der Waals surface area contributed by atoms with Crippen molar-refractivity contribution in [2.24, 2.45) is 17.6 Å². The van der Waals surface area contributed by atoms with Crippen molar-refractivity contribution >= 4 is 11.8 Å². The lowest BCUT2D eigenvalue weighted by molar-refractivity contribution is -0.120. The van der Waals surface area contributed by atoms with Crippen molar-refractivity contribution in [3.05, 3.63) is 41.8 Å². The van der Waals surface area contributed by atoms with Crippen LogP contribution >= 0.6 is 0 Å². The molecule has 0 radical (unpaired) electrons. The number of hydrogen-bond acceptors (Lipinski definition) is 3. The Morgan fingerprint density at radius 2 is 1.86 bits per heavy atom. The van der Waals surface area contributed by atoms with E-state index in [-0.39, 0.29) is 17.6 Å². The number of nitrogens with one attached hydrogen (secondary N) is 1. The van der Waals surface area contributed by atoms with Gasteiger partial charge in [0.1, 0.15) is 17.6 Å². The van der Waals surface area contributed by atoms with Crippen LogP contribution in [0.15, 0.2) is 30.3 Å². The Labute approximate surface area is 170 Å². The van der Waals surface area contributed by atoms with E-state index in [4.69, 9.17) is 5.73 Å². The molecule has 1 heterocycles. The number of rotatable bonds is 7. The van der Waals surface area contributed by atoms with Gasteiger partial charge in [-0.1, -0.05) is 33.1 Å². The van der Waals surface area contributed by atoms with Crippen LogP contribution in [0.3, 0.4) is 0 Å². The lowest BCUT2D eigenvalue weighted by Crippen LogP contribution is -2.48. The second-order valence-corrected chi connectivity index (χ2v) is 8.21. The second kappa shape index (κ2) is 9.20. The summed E-state index contributed by atoms with van der Waals surface area (Å²) in [7, 11) is 0. The summed E-state index contributed by atoms with van der Waals surface area (Å²) < 4.78 is 15.0. The predicted octanol–water partition coefficient (Wildman–Crippen LogP) is 3.51. The maximum absolute atomic E-state index is 13.3. The van der Waals surface area contributed by atoms with Crippen LogP contribution < -0.4 is 11.1 Å². The summed E-state index contributed by atoms with van der Waals surface area (Å²) in [6.07, 6.45) is 5.86. The van der Waals surface area contributed by atoms with E-state index < -0.39 is 11.9 Å². The highest BCUT2D eigenvalue weighted by molar-refractivity contribution is 5.97. The lowest BCUT2D eigenvalue weighted by Gasteiger charge is -2.23. The first-order valence-electron chi connectivity index (χ1n) is 10.3. The second-order valence-electron chi connectivity index (χ2n) is 8.21. The average Bonchev–Trinajstić information content (AvgIpc) is 3.10. The molecule has 1 aromatic heterocycles. The Bertz CT molecular complexity index is 854. The molecule has 6 nitrogen and oxygen atoms in total. The smallest absolute Gasteiger partial charge is 0.270 e. The molecule has 1 aliphatic rings. The first-order valence-corrected chi connectivity index (χ1v) is 10.3. The molecule has 1 aromatic carbocycles. The van der Waals surface area contributed by atoms with Crippen LogP contribution in [0.1, 0.15) is 56.4 Å². The molecule has 1 atom stereocenters. The van der Waals surface area contributed by atoms with Gasteiger partial charge in [0.25, 0.3) is 5.91 Å². The highest BCUT2D eigenvalue weighted by Gasteiger charge is 2.26. The van der Waals surface area contributed by atoms with Gasteiger partial charge in [-0.15, -0.1) is 0 Å². The summed E-state index contributed by atoms with van der Waals surface area (Å²) in [4.78, 5) is 24.7. The van der Waals surface area contributed by atoms with E-state index in [1.165, 1.54) is 31.4 Å². The summed E-state index contributed by atoms with van der Waals surface area (Å²) in [6.45, 7) is 4.31. The number of amides is 2. The van der Waals surface area contributed by atoms with Gasteiger partial charge in [0.2, 0.25) is 5.91 Å². The van der Waals surface area contributed by atoms with Gasteiger partial charge < -0.3 is 11.1 Å². The minimum Gasteiger partial charge on any atom is -0.368 e. The van der Waals surface area contributed by atoms with E-state index in [2.05, 4.69) is 10.4 Å². The van der Waals surface area contributed by atoms with E-state index in [1.54, 1.807) is 22.9 Å². The van der Waals surface area contributed by atoms with Crippen molar-refractivity contribution < 1.29 is 14.0 Å². The van der Waals surface area contributed by atoms with Crippen LogP contribution in [-0.2, 0) is 11.3 Å². The maximum atomic E-state index is 13.3. The zero-order valence-corrected chi connectivity index (χ0v) is 17.0. The fourth-order valence-electron chi connectivity index (χ4n) is 3.90. The minimum atomic E-state index is -0.755. The number of aromatic nitrogens is 2. The van der Waals surface area contributed by atoms with Gasteiger partial charge in [-0.05, 0) is 55.0 Å². The number of nitrogens with zero attached hydrogens (tertiary/aromatic N) is 2. The normalized spacial score (nSPS) is 16.0. The van der Waals surface area contributed by atoms with Crippen molar-refractivity contribution in [3.63, 3.8) is 0 Å². The van der Waals surface area contributed by atoms with Gasteiger partial charge in [0, 0.05) is 12.1 Å². The molecule has 1 unspecified atom stereocenters. The summed E-state index contributed by atoms with van der Waals surface area (Å²) in [6, 6.07) is 6.97. The van der Waals surface area contributed by atoms with Gasteiger partial charge in [0.15, 0.2) is 0 Å². The van der Waals surface area contributed by atoms with Crippen LogP contribution in [0.4, 0.5) is 4.39 Å². The molecular formula is C22H29FN4O2. The zero-order valence-electron chi connectivity index (χ0n) is 17.0. The third-order valence-corrected chi connectivity index (χ3v) is 5.57. The molecule has 29 heavy (non-hydrogen) atoms. The molecule has 156 valence electrons. The maximum Gasteiger partial charge on any atom is 0.270 e. The third-order valence-electron chi connectivity index (χ3n) is 5.57. The van der Waals surface area contributed by atoms with Crippen LogP contribution in [0, 0.1) is 17.7 Å². The fraction of sp³-hybridized carbons (Fsp3) is 0.500. The Kier molecular flexibility index (Phi) is 6.67. The van der Waals surface area contributed by atoms with Crippen LogP contribution in [0.2, 0.25) is 0 Å². The average molecular weight is 400 g/mol. The van der Waals surface area contributed by atoms with E-state index in [0.29, 0.717) is 23.9 Å². The van der Waals surface area contributed by atoms with E-state index in [9.17, 15) is 14.0 Å². The standard InChI is InChI=1S/C22H29FN4O2/c1-14(2)20(21(24)28)25-22(29)19-12-18(16-8-10-17(23)11-9-16)26-27(19)13-15-6-4-3-5-7-15/h8-12,14-15,20H,3-7,13H2,1-2H3,(H2,24,28)(H,25,29). The van der Waals surface area contributed by atoms with Crippen LogP contribution in [-0.4, -0.2) is 27.6 Å². The molecule has 2 amide bonds. The molecule has 7 heteroatoms. The number of primary amides is 1. The van der Waals surface area contributed by atoms with Gasteiger partial charge in [-0.25, -0.2) is 4.39 Å². The molecule has 2 aromatic rings. The molecule has 3 N–H and O–H groups in total. The quantitative estimate of drug-likeness (QED) is 0.745. The van der Waals surface area contributed by atoms with Crippen LogP contribution in [0.5, 0.6) is 0 Å². The number of hydrogen-bond donors (Lipinski definition) is 2. The molecule has 3 rings (SSSR count). The molecule has 1 aliphatic carbocycles. The largest absolute Gasteiger partial charge is 0.368 e. The van der Waals surface area contributed by atoms with Crippen molar-refractivity contribution in [3.8, 4) is 11.3 Å². The Morgan fingerprint density at radius 1 is 1.21 bits per heavy atom. The Morgan fingerprint density at radius 3 is 2.45 bits per heavy atom. The topological polar surface area (TPSA) is 90.0 Å². The molecule has 1 saturated carbocycles. The number of carbonyl (C=O) groups excluding carboxylic acids is 2. The lowest BCUT2D eigenvalue weighted by atomic mass is 9.89. The van der Waals surface area contributed by atoms with E-state index in [0.717, 1.165) is 18.4 Å². The monoisotopic (exact) mass is 400 g/mol. The summed E-state index contributed by atoms with van der Waals surface area (Å²) in [5.41, 5.74) is 7.18. The van der Waals surface area contributed by atoms with Gasteiger partial charge >= 0.3 is 0 Å². The highest BCUT2D eigenvalue weighted by Crippen LogP contribution is 2.27. The number of carbonyl (C=O) groups is 2. The van der Waals surface area contributed by atoms with E-state index >= 15 is 0 Å². The van der Waals surface area contributed by atoms with Crippen molar-refractivity contribution in [2.45, 2.75) is 58.5 Å². The first kappa shape index (κ1) is 21.0. The predicted molar refractivity (Wildman–Crippen MR) is 109 cm³/mol. The molecule has 0 bridgehead atoms.